The maximum Gasteiger partial charge on any atom is 0.303 e. The van der Waals surface area contributed by atoms with E-state index < -0.39 is 54.4 Å². The van der Waals surface area contributed by atoms with Gasteiger partial charge in [0, 0.05) is 33.3 Å². The third-order valence-corrected chi connectivity index (χ3v) is 5.19. The minimum absolute atomic E-state index is 0.0945. The van der Waals surface area contributed by atoms with E-state index in [0.717, 1.165) is 13.8 Å². The number of rotatable bonds is 7. The minimum Gasteiger partial charge on any atom is -0.463 e. The van der Waals surface area contributed by atoms with Gasteiger partial charge in [0.1, 0.15) is 18.8 Å². The van der Waals surface area contributed by atoms with Crippen molar-refractivity contribution in [3.63, 3.8) is 0 Å². The molecule has 2 heterocycles. The van der Waals surface area contributed by atoms with Crippen LogP contribution in [0.25, 0.3) is 11.5 Å². The molecule has 13 heteroatoms. The van der Waals surface area contributed by atoms with Gasteiger partial charge in [-0.2, -0.15) is 4.68 Å². The molecule has 1 aromatic heterocycles. The number of hydrogen-bond donors (Lipinski definition) is 1. The first-order valence-electron chi connectivity index (χ1n) is 10.6. The lowest BCUT2D eigenvalue weighted by Gasteiger charge is -2.44. The summed E-state index contributed by atoms with van der Waals surface area (Å²) >= 11 is 5.35. The van der Waals surface area contributed by atoms with Gasteiger partial charge in [-0.1, -0.05) is 18.2 Å². The Hall–Kier alpha value is -3.58. The van der Waals surface area contributed by atoms with Crippen molar-refractivity contribution in [3.8, 4) is 11.5 Å². The van der Waals surface area contributed by atoms with Gasteiger partial charge in [0.2, 0.25) is 11.8 Å². The molecule has 1 amide bonds. The summed E-state index contributed by atoms with van der Waals surface area (Å²) in [5.41, 5.74) is 0.634. The van der Waals surface area contributed by atoms with Gasteiger partial charge in [-0.3, -0.25) is 19.2 Å². The lowest BCUT2D eigenvalue weighted by Crippen LogP contribution is -2.64. The van der Waals surface area contributed by atoms with Gasteiger partial charge in [-0.15, -0.1) is 5.10 Å². The highest BCUT2D eigenvalue weighted by Crippen LogP contribution is 2.33. The summed E-state index contributed by atoms with van der Waals surface area (Å²) < 4.78 is 28.9. The lowest BCUT2D eigenvalue weighted by atomic mass is 9.95. The molecule has 3 rings (SSSR count). The third-order valence-electron chi connectivity index (χ3n) is 4.92. The molecule has 1 fully saturated rings. The second-order valence-corrected chi connectivity index (χ2v) is 8.08. The van der Waals surface area contributed by atoms with Crippen LogP contribution in [0.3, 0.4) is 0 Å². The van der Waals surface area contributed by atoms with Crippen molar-refractivity contribution in [1.29, 1.82) is 0 Å². The Kier molecular flexibility index (Phi) is 8.35. The fraction of sp³-hybridized carbons (Fsp3) is 0.455. The zero-order chi connectivity index (χ0) is 25.7. The summed E-state index contributed by atoms with van der Waals surface area (Å²) in [7, 11) is 0. The Morgan fingerprint density at radius 2 is 1.63 bits per heavy atom. The maximum atomic E-state index is 12.1. The van der Waals surface area contributed by atoms with Crippen molar-refractivity contribution < 1.29 is 42.5 Å². The molecule has 1 aliphatic heterocycles. The van der Waals surface area contributed by atoms with Crippen LogP contribution in [-0.2, 0) is 38.1 Å². The molecule has 0 spiro atoms. The number of nitrogens with zero attached hydrogens (tertiary/aromatic N) is 2. The number of amides is 1. The molecule has 2 aromatic rings. The Morgan fingerprint density at radius 3 is 2.20 bits per heavy atom. The Bertz CT molecular complexity index is 1150. The maximum absolute atomic E-state index is 12.1. The Morgan fingerprint density at radius 1 is 1.00 bits per heavy atom. The monoisotopic (exact) mass is 507 g/mol. The molecule has 5 atom stereocenters. The van der Waals surface area contributed by atoms with Gasteiger partial charge in [0.05, 0.1) is 0 Å². The topological polar surface area (TPSA) is 148 Å². The molecule has 0 unspecified atom stereocenters. The van der Waals surface area contributed by atoms with Crippen LogP contribution in [0.1, 0.15) is 33.9 Å². The molecular weight excluding hydrogens is 482 g/mol. The number of carbonyl (C=O) groups is 4. The summed E-state index contributed by atoms with van der Waals surface area (Å²) in [5.74, 6) is -2.32. The molecule has 35 heavy (non-hydrogen) atoms. The predicted molar refractivity (Wildman–Crippen MR) is 120 cm³/mol. The van der Waals surface area contributed by atoms with Crippen molar-refractivity contribution in [1.82, 2.24) is 15.1 Å². The van der Waals surface area contributed by atoms with E-state index in [-0.39, 0.29) is 17.3 Å². The van der Waals surface area contributed by atoms with E-state index in [9.17, 15) is 19.2 Å². The van der Waals surface area contributed by atoms with Crippen molar-refractivity contribution in [2.45, 2.75) is 58.3 Å². The number of esters is 3. The van der Waals surface area contributed by atoms with Crippen LogP contribution >= 0.6 is 12.2 Å². The van der Waals surface area contributed by atoms with E-state index >= 15 is 0 Å². The summed E-state index contributed by atoms with van der Waals surface area (Å²) in [6, 6.07) is 7.83. The van der Waals surface area contributed by atoms with Gasteiger partial charge < -0.3 is 28.7 Å². The smallest absolute Gasteiger partial charge is 0.303 e. The number of hydrogen-bond acceptors (Lipinski definition) is 11. The first-order valence-corrected chi connectivity index (χ1v) is 11.0. The van der Waals surface area contributed by atoms with E-state index in [1.807, 2.05) is 6.07 Å². The average molecular weight is 508 g/mol. The first-order chi connectivity index (χ1) is 16.6. The van der Waals surface area contributed by atoms with Crippen LogP contribution in [0.15, 0.2) is 34.7 Å². The molecule has 1 saturated heterocycles. The second-order valence-electron chi connectivity index (χ2n) is 7.73. The molecule has 12 nitrogen and oxygen atoms in total. The lowest BCUT2D eigenvalue weighted by molar-refractivity contribution is -0.239. The molecule has 0 radical (unpaired) electrons. The standard InChI is InChI=1S/C22H25N3O9S/c1-11(26)23-17-19(32-14(4)29)18(31-13(3)28)16(10-30-12(2)27)33-21(17)25-22(35)34-20(24-25)15-8-6-5-7-9-15/h5-9,16-19,21H,10H2,1-4H3,(H,23,26)/t16-,17-,18-,19+,21+/m1/s1. The first kappa shape index (κ1) is 26.0. The van der Waals surface area contributed by atoms with Crippen molar-refractivity contribution in [2.24, 2.45) is 0 Å². The van der Waals surface area contributed by atoms with E-state index in [2.05, 4.69) is 10.4 Å². The number of ether oxygens (including phenoxy) is 4. The van der Waals surface area contributed by atoms with Crippen LogP contribution < -0.4 is 5.32 Å². The van der Waals surface area contributed by atoms with Crippen molar-refractivity contribution in [3.05, 3.63) is 35.2 Å². The Balaban J connectivity index is 2.10. The number of benzene rings is 1. The van der Waals surface area contributed by atoms with Crippen molar-refractivity contribution >= 4 is 36.0 Å². The summed E-state index contributed by atoms with van der Waals surface area (Å²) in [4.78, 5) is 47.3. The quantitative estimate of drug-likeness (QED) is 0.332. The fourth-order valence-corrected chi connectivity index (χ4v) is 3.89. The molecule has 1 aromatic carbocycles. The second kappa shape index (κ2) is 11.2. The van der Waals surface area contributed by atoms with E-state index in [0.29, 0.717) is 5.56 Å². The fourth-order valence-electron chi connectivity index (χ4n) is 3.66. The van der Waals surface area contributed by atoms with Crippen LogP contribution in [0.2, 0.25) is 0 Å². The largest absolute Gasteiger partial charge is 0.463 e. The summed E-state index contributed by atoms with van der Waals surface area (Å²) in [5, 5.41) is 7.07. The van der Waals surface area contributed by atoms with Crippen LogP contribution in [0.4, 0.5) is 0 Å². The summed E-state index contributed by atoms with van der Waals surface area (Å²) in [6.45, 7) is 4.43. The van der Waals surface area contributed by atoms with Gasteiger partial charge in [0.15, 0.2) is 18.4 Å². The summed E-state index contributed by atoms with van der Waals surface area (Å²) in [6.07, 6.45) is -4.73. The van der Waals surface area contributed by atoms with Gasteiger partial charge in [-0.05, 0) is 24.4 Å². The minimum atomic E-state index is -1.24. The SMILES string of the molecule is CC(=O)N[C@@H]1[C@H](OC(C)=O)[C@H](OC(C)=O)[C@@H](COC(C)=O)O[C@@H]1n1nc(-c2ccccc2)oc1=S. The highest BCUT2D eigenvalue weighted by molar-refractivity contribution is 7.71. The van der Waals surface area contributed by atoms with Gasteiger partial charge in [-0.25, -0.2) is 0 Å². The normalized spacial score (nSPS) is 23.7. The van der Waals surface area contributed by atoms with Crippen LogP contribution in [0.5, 0.6) is 0 Å². The van der Waals surface area contributed by atoms with Gasteiger partial charge in [0.25, 0.3) is 4.84 Å². The zero-order valence-electron chi connectivity index (χ0n) is 19.5. The molecule has 188 valence electrons. The highest BCUT2D eigenvalue weighted by Gasteiger charge is 2.52. The van der Waals surface area contributed by atoms with E-state index in [4.69, 9.17) is 35.6 Å². The number of aromatic nitrogens is 2. The molecule has 1 N–H and O–H groups in total. The average Bonchev–Trinajstić information content (AvgIpc) is 3.16. The van der Waals surface area contributed by atoms with E-state index in [1.165, 1.54) is 18.5 Å². The molecule has 0 saturated carbocycles. The zero-order valence-corrected chi connectivity index (χ0v) is 20.3. The van der Waals surface area contributed by atoms with Crippen molar-refractivity contribution in [2.75, 3.05) is 6.61 Å². The highest BCUT2D eigenvalue weighted by atomic mass is 32.1. The predicted octanol–water partition coefficient (Wildman–Crippen LogP) is 1.70. The molecule has 0 aliphatic carbocycles. The number of carbonyl (C=O) groups excluding carboxylic acids is 4. The van der Waals surface area contributed by atoms with Crippen LogP contribution in [0, 0.1) is 4.84 Å². The molecular formula is C22H25N3O9S. The van der Waals surface area contributed by atoms with Gasteiger partial charge >= 0.3 is 17.9 Å². The number of nitrogens with one attached hydrogen (secondary N) is 1. The third kappa shape index (κ3) is 6.51. The van der Waals surface area contributed by atoms with Crippen LogP contribution in [-0.4, -0.2) is 64.6 Å². The molecule has 0 bridgehead atoms. The van der Waals surface area contributed by atoms with E-state index in [1.54, 1.807) is 24.3 Å². The Labute approximate surface area is 205 Å². The molecule has 1 aliphatic rings.